The van der Waals surface area contributed by atoms with Gasteiger partial charge in [-0.1, -0.05) is 11.6 Å². The summed E-state index contributed by atoms with van der Waals surface area (Å²) >= 11 is 8.97. The van der Waals surface area contributed by atoms with E-state index in [9.17, 15) is 20.3 Å². The van der Waals surface area contributed by atoms with Gasteiger partial charge in [-0.05, 0) is 34.1 Å². The van der Waals surface area contributed by atoms with Crippen molar-refractivity contribution >= 4 is 45.1 Å². The Labute approximate surface area is 132 Å². The molecule has 108 valence electrons. The van der Waals surface area contributed by atoms with Crippen LogP contribution in [0.1, 0.15) is 5.56 Å². The number of halogens is 2. The van der Waals surface area contributed by atoms with E-state index in [1.54, 1.807) is 0 Å². The Hall–Kier alpha value is -2.12. The summed E-state index contributed by atoms with van der Waals surface area (Å²) in [7, 11) is 0. The number of phenolic OH excluding ortho intramolecular Hbond substituents is 2. The van der Waals surface area contributed by atoms with Crippen molar-refractivity contribution in [1.29, 1.82) is 0 Å². The minimum Gasteiger partial charge on any atom is -0.507 e. The molecule has 8 heteroatoms. The van der Waals surface area contributed by atoms with Crippen molar-refractivity contribution in [2.45, 2.75) is 0 Å². The van der Waals surface area contributed by atoms with Crippen LogP contribution in [0.4, 0.5) is 11.4 Å². The van der Waals surface area contributed by atoms with Gasteiger partial charge in [-0.3, -0.25) is 15.1 Å². The van der Waals surface area contributed by atoms with Gasteiger partial charge in [0.2, 0.25) is 0 Å². The van der Waals surface area contributed by atoms with E-state index in [2.05, 4.69) is 20.9 Å². The average Bonchev–Trinajstić information content (AvgIpc) is 2.42. The zero-order valence-electron chi connectivity index (χ0n) is 10.3. The van der Waals surface area contributed by atoms with Gasteiger partial charge in [-0.2, -0.15) is 0 Å². The van der Waals surface area contributed by atoms with E-state index < -0.39 is 4.92 Å². The van der Waals surface area contributed by atoms with E-state index in [0.29, 0.717) is 9.50 Å². The molecule has 0 aliphatic rings. The van der Waals surface area contributed by atoms with E-state index in [-0.39, 0.29) is 28.4 Å². The number of aliphatic imine (C=N–C) groups is 1. The molecule has 0 aliphatic carbocycles. The molecule has 0 heterocycles. The molecule has 0 saturated heterocycles. The van der Waals surface area contributed by atoms with Crippen molar-refractivity contribution < 1.29 is 15.1 Å². The Morgan fingerprint density at radius 2 is 2.00 bits per heavy atom. The van der Waals surface area contributed by atoms with Crippen LogP contribution in [0.5, 0.6) is 11.5 Å². The third-order valence-electron chi connectivity index (χ3n) is 2.57. The van der Waals surface area contributed by atoms with Crippen LogP contribution in [0, 0.1) is 10.1 Å². The molecule has 2 N–H and O–H groups in total. The number of nitrogens with zero attached hydrogens (tertiary/aromatic N) is 2. The normalized spacial score (nSPS) is 11.0. The number of hydrogen-bond acceptors (Lipinski definition) is 5. The Bertz CT molecular complexity index is 749. The maximum absolute atomic E-state index is 10.7. The summed E-state index contributed by atoms with van der Waals surface area (Å²) in [6.07, 6.45) is 1.21. The van der Waals surface area contributed by atoms with Crippen LogP contribution < -0.4 is 0 Å². The smallest absolute Gasteiger partial charge is 0.270 e. The number of benzene rings is 2. The molecule has 0 aliphatic heterocycles. The SMILES string of the molecule is O=[N+]([O-])c1ccc(O)c(C=Nc2cc(Cl)cc(Br)c2O)c1. The summed E-state index contributed by atoms with van der Waals surface area (Å²) in [5, 5.41) is 30.5. The van der Waals surface area contributed by atoms with Gasteiger partial charge >= 0.3 is 0 Å². The summed E-state index contributed by atoms with van der Waals surface area (Å²) in [6.45, 7) is 0. The molecular formula is C13H8BrClN2O4. The summed E-state index contributed by atoms with van der Waals surface area (Å²) in [6, 6.07) is 6.48. The second-order valence-corrected chi connectivity index (χ2v) is 5.30. The average molecular weight is 372 g/mol. The highest BCUT2D eigenvalue weighted by Crippen LogP contribution is 2.37. The highest BCUT2D eigenvalue weighted by molar-refractivity contribution is 9.10. The molecular weight excluding hydrogens is 364 g/mol. The Kier molecular flexibility index (Phi) is 4.44. The molecule has 6 nitrogen and oxygen atoms in total. The van der Waals surface area contributed by atoms with Gasteiger partial charge in [0.1, 0.15) is 11.4 Å². The quantitative estimate of drug-likeness (QED) is 0.481. The number of non-ortho nitro benzene ring substituents is 1. The van der Waals surface area contributed by atoms with Crippen LogP contribution in [0.15, 0.2) is 39.8 Å². The van der Waals surface area contributed by atoms with Gasteiger partial charge in [0.15, 0.2) is 5.75 Å². The molecule has 2 aromatic rings. The number of nitro benzene ring substituents is 1. The monoisotopic (exact) mass is 370 g/mol. The summed E-state index contributed by atoms with van der Waals surface area (Å²) in [4.78, 5) is 14.1. The molecule has 0 bridgehead atoms. The Morgan fingerprint density at radius 1 is 1.29 bits per heavy atom. The molecule has 0 atom stereocenters. The van der Waals surface area contributed by atoms with Gasteiger partial charge in [-0.15, -0.1) is 0 Å². The van der Waals surface area contributed by atoms with Crippen LogP contribution in [0.3, 0.4) is 0 Å². The van der Waals surface area contributed by atoms with E-state index in [0.717, 1.165) is 0 Å². The number of rotatable bonds is 3. The standard InChI is InChI=1S/C13H8BrClN2O4/c14-10-4-8(15)5-11(13(10)19)16-6-7-3-9(17(20)21)1-2-12(7)18/h1-6,18-19H. The first-order valence-corrected chi connectivity index (χ1v) is 6.75. The first kappa shape index (κ1) is 15.3. The molecule has 0 amide bonds. The van der Waals surface area contributed by atoms with Crippen molar-refractivity contribution in [2.75, 3.05) is 0 Å². The van der Waals surface area contributed by atoms with E-state index in [1.807, 2.05) is 0 Å². The Morgan fingerprint density at radius 3 is 2.67 bits per heavy atom. The van der Waals surface area contributed by atoms with Crippen LogP contribution in [-0.4, -0.2) is 21.4 Å². The van der Waals surface area contributed by atoms with Gasteiger partial charge in [0, 0.05) is 28.9 Å². The molecule has 0 unspecified atom stereocenters. The van der Waals surface area contributed by atoms with E-state index >= 15 is 0 Å². The lowest BCUT2D eigenvalue weighted by atomic mass is 10.2. The molecule has 0 saturated carbocycles. The lowest BCUT2D eigenvalue weighted by molar-refractivity contribution is -0.384. The maximum atomic E-state index is 10.7. The van der Waals surface area contributed by atoms with Crippen molar-refractivity contribution in [3.63, 3.8) is 0 Å². The highest BCUT2D eigenvalue weighted by Gasteiger charge is 2.10. The second kappa shape index (κ2) is 6.11. The third-order valence-corrected chi connectivity index (χ3v) is 3.40. The first-order chi connectivity index (χ1) is 9.88. The first-order valence-electron chi connectivity index (χ1n) is 5.58. The fourth-order valence-corrected chi connectivity index (χ4v) is 2.34. The van der Waals surface area contributed by atoms with Crippen molar-refractivity contribution in [1.82, 2.24) is 0 Å². The fourth-order valence-electron chi connectivity index (χ4n) is 1.55. The number of nitro groups is 1. The minimum absolute atomic E-state index is 0.124. The molecule has 0 fully saturated rings. The predicted octanol–water partition coefficient (Wildman–Crippen LogP) is 4.17. The largest absolute Gasteiger partial charge is 0.507 e. The summed E-state index contributed by atoms with van der Waals surface area (Å²) in [5.41, 5.74) is 0.144. The van der Waals surface area contributed by atoms with Crippen LogP contribution >= 0.6 is 27.5 Å². The van der Waals surface area contributed by atoms with Crippen molar-refractivity contribution in [3.05, 3.63) is 55.5 Å². The molecule has 2 rings (SSSR count). The van der Waals surface area contributed by atoms with E-state index in [4.69, 9.17) is 11.6 Å². The number of phenols is 2. The third kappa shape index (κ3) is 3.50. The van der Waals surface area contributed by atoms with Gasteiger partial charge in [0.25, 0.3) is 5.69 Å². The number of aromatic hydroxyl groups is 2. The molecule has 2 aromatic carbocycles. The Balaban J connectivity index is 2.42. The van der Waals surface area contributed by atoms with Crippen LogP contribution in [0.2, 0.25) is 5.02 Å². The number of hydrogen-bond donors (Lipinski definition) is 2. The van der Waals surface area contributed by atoms with Gasteiger partial charge in [0.05, 0.1) is 9.40 Å². The minimum atomic E-state index is -0.579. The van der Waals surface area contributed by atoms with Crippen LogP contribution in [0.25, 0.3) is 0 Å². The van der Waals surface area contributed by atoms with Gasteiger partial charge in [-0.25, -0.2) is 0 Å². The predicted molar refractivity (Wildman–Crippen MR) is 82.8 cm³/mol. The second-order valence-electron chi connectivity index (χ2n) is 4.01. The van der Waals surface area contributed by atoms with Crippen molar-refractivity contribution in [3.8, 4) is 11.5 Å². The van der Waals surface area contributed by atoms with Gasteiger partial charge < -0.3 is 10.2 Å². The lowest BCUT2D eigenvalue weighted by Crippen LogP contribution is -1.90. The molecule has 0 radical (unpaired) electrons. The highest BCUT2D eigenvalue weighted by atomic mass is 79.9. The summed E-state index contributed by atoms with van der Waals surface area (Å²) < 4.78 is 0.366. The molecule has 21 heavy (non-hydrogen) atoms. The lowest BCUT2D eigenvalue weighted by Gasteiger charge is -2.03. The summed E-state index contributed by atoms with van der Waals surface area (Å²) in [5.74, 6) is -0.287. The maximum Gasteiger partial charge on any atom is 0.270 e. The zero-order chi connectivity index (χ0) is 15.6. The zero-order valence-corrected chi connectivity index (χ0v) is 12.7. The van der Waals surface area contributed by atoms with Crippen molar-refractivity contribution in [2.24, 2.45) is 4.99 Å². The fraction of sp³-hybridized carbons (Fsp3) is 0. The topological polar surface area (TPSA) is 96.0 Å². The molecule has 0 spiro atoms. The molecule has 0 aromatic heterocycles. The van der Waals surface area contributed by atoms with Crippen LogP contribution in [-0.2, 0) is 0 Å². The van der Waals surface area contributed by atoms with E-state index in [1.165, 1.54) is 36.5 Å².